The van der Waals surface area contributed by atoms with E-state index in [0.717, 1.165) is 0 Å². The third-order valence-electron chi connectivity index (χ3n) is 3.73. The number of carbonyl (C=O) groups is 1. The van der Waals surface area contributed by atoms with Crippen LogP contribution in [0.25, 0.3) is 22.3 Å². The Kier molecular flexibility index (Phi) is 6.11. The Morgan fingerprint density at radius 2 is 1.89 bits per heavy atom. The van der Waals surface area contributed by atoms with Gasteiger partial charge in [0.15, 0.2) is 12.4 Å². The average molecular weight is 389 g/mol. The Balaban J connectivity index is 1.99. The number of methoxy groups -OCH3 is 1. The van der Waals surface area contributed by atoms with E-state index in [1.165, 1.54) is 13.2 Å². The lowest BCUT2D eigenvalue weighted by Gasteiger charge is -2.11. The molecule has 0 aliphatic rings. The zero-order valence-electron chi connectivity index (χ0n) is 14.6. The van der Waals surface area contributed by atoms with Gasteiger partial charge in [-0.3, -0.25) is 4.79 Å². The van der Waals surface area contributed by atoms with Gasteiger partial charge in [-0.2, -0.15) is 0 Å². The van der Waals surface area contributed by atoms with E-state index in [-0.39, 0.29) is 30.1 Å². The van der Waals surface area contributed by atoms with Crippen molar-refractivity contribution >= 4 is 28.5 Å². The van der Waals surface area contributed by atoms with E-state index >= 15 is 0 Å². The summed E-state index contributed by atoms with van der Waals surface area (Å²) in [5, 5.41) is 0.664. The summed E-state index contributed by atoms with van der Waals surface area (Å²) < 4.78 is 21.2. The second-order valence-electron chi connectivity index (χ2n) is 5.60. The molecule has 6 nitrogen and oxygen atoms in total. The fourth-order valence-corrected chi connectivity index (χ4v) is 2.64. The minimum atomic E-state index is -0.614. The molecule has 2 aromatic carbocycles. The SMILES string of the molecule is COCCOC(=O)COc1c(-c2ccccc2)oc2ccc(Cl)cc2c1=O. The second kappa shape index (κ2) is 8.70. The molecule has 140 valence electrons. The maximum Gasteiger partial charge on any atom is 0.344 e. The number of hydrogen-bond donors (Lipinski definition) is 0. The molecule has 0 aliphatic heterocycles. The van der Waals surface area contributed by atoms with Crippen LogP contribution >= 0.6 is 11.6 Å². The van der Waals surface area contributed by atoms with Crippen LogP contribution in [-0.4, -0.2) is 32.9 Å². The number of esters is 1. The molecule has 0 saturated heterocycles. The summed E-state index contributed by atoms with van der Waals surface area (Å²) >= 11 is 5.99. The third-order valence-corrected chi connectivity index (χ3v) is 3.97. The van der Waals surface area contributed by atoms with Gasteiger partial charge in [0.2, 0.25) is 11.2 Å². The molecular formula is C20H17ClO6. The first kappa shape index (κ1) is 18.9. The first-order valence-corrected chi connectivity index (χ1v) is 8.57. The molecule has 0 bridgehead atoms. The van der Waals surface area contributed by atoms with E-state index in [0.29, 0.717) is 16.2 Å². The Hall–Kier alpha value is -2.83. The highest BCUT2D eigenvalue weighted by molar-refractivity contribution is 6.31. The van der Waals surface area contributed by atoms with Crippen molar-refractivity contribution in [1.82, 2.24) is 0 Å². The molecule has 0 N–H and O–H groups in total. The summed E-state index contributed by atoms with van der Waals surface area (Å²) in [6.45, 7) is -0.0514. The predicted octanol–water partition coefficient (Wildman–Crippen LogP) is 3.68. The number of hydrogen-bond acceptors (Lipinski definition) is 6. The summed E-state index contributed by atoms with van der Waals surface area (Å²) in [5.41, 5.74) is 0.606. The molecule has 0 aliphatic carbocycles. The van der Waals surface area contributed by atoms with Gasteiger partial charge >= 0.3 is 5.97 Å². The van der Waals surface area contributed by atoms with E-state index in [1.807, 2.05) is 18.2 Å². The minimum Gasteiger partial charge on any atom is -0.474 e. The zero-order chi connectivity index (χ0) is 19.2. The number of benzene rings is 2. The number of carbonyl (C=O) groups excluding carboxylic acids is 1. The van der Waals surface area contributed by atoms with Crippen LogP contribution in [0.1, 0.15) is 0 Å². The fourth-order valence-electron chi connectivity index (χ4n) is 2.47. The molecule has 0 atom stereocenters. The van der Waals surface area contributed by atoms with E-state index in [2.05, 4.69) is 0 Å². The van der Waals surface area contributed by atoms with Gasteiger partial charge in [0.05, 0.1) is 12.0 Å². The Labute approximate surface area is 160 Å². The first-order chi connectivity index (χ1) is 13.1. The van der Waals surface area contributed by atoms with Crippen molar-refractivity contribution in [1.29, 1.82) is 0 Å². The lowest BCUT2D eigenvalue weighted by molar-refractivity contribution is -0.147. The summed E-state index contributed by atoms with van der Waals surface area (Å²) in [6.07, 6.45) is 0. The van der Waals surface area contributed by atoms with Crippen LogP contribution in [0.2, 0.25) is 5.02 Å². The van der Waals surface area contributed by atoms with E-state index in [1.54, 1.807) is 24.3 Å². The summed E-state index contributed by atoms with van der Waals surface area (Å²) in [6, 6.07) is 13.8. The Morgan fingerprint density at radius 1 is 1.11 bits per heavy atom. The molecule has 0 radical (unpaired) electrons. The molecule has 0 fully saturated rings. The number of fused-ring (bicyclic) bond motifs is 1. The zero-order valence-corrected chi connectivity index (χ0v) is 15.3. The van der Waals surface area contributed by atoms with Crippen molar-refractivity contribution in [2.75, 3.05) is 26.9 Å². The first-order valence-electron chi connectivity index (χ1n) is 8.19. The van der Waals surface area contributed by atoms with Crippen LogP contribution in [0.5, 0.6) is 5.75 Å². The molecule has 1 heterocycles. The molecule has 27 heavy (non-hydrogen) atoms. The van der Waals surface area contributed by atoms with Crippen molar-refractivity contribution < 1.29 is 23.4 Å². The van der Waals surface area contributed by atoms with Gasteiger partial charge in [-0.25, -0.2) is 4.79 Å². The van der Waals surface area contributed by atoms with Crippen LogP contribution in [0.15, 0.2) is 57.7 Å². The summed E-state index contributed by atoms with van der Waals surface area (Å²) in [7, 11) is 1.50. The molecule has 1 aromatic heterocycles. The van der Waals surface area contributed by atoms with E-state index in [4.69, 9.17) is 30.2 Å². The predicted molar refractivity (Wildman–Crippen MR) is 101 cm³/mol. The normalized spacial score (nSPS) is 10.7. The summed E-state index contributed by atoms with van der Waals surface area (Å²) in [5.74, 6) is -0.448. The van der Waals surface area contributed by atoms with Gasteiger partial charge in [0.1, 0.15) is 12.2 Å². The highest BCUT2D eigenvalue weighted by atomic mass is 35.5. The van der Waals surface area contributed by atoms with Crippen LogP contribution in [0.3, 0.4) is 0 Å². The largest absolute Gasteiger partial charge is 0.474 e. The quantitative estimate of drug-likeness (QED) is 0.454. The van der Waals surface area contributed by atoms with E-state index in [9.17, 15) is 9.59 Å². The molecule has 0 unspecified atom stereocenters. The van der Waals surface area contributed by atoms with Crippen molar-refractivity contribution in [3.05, 3.63) is 63.8 Å². The van der Waals surface area contributed by atoms with Gasteiger partial charge < -0.3 is 18.6 Å². The number of halogens is 1. The number of ether oxygens (including phenoxy) is 3. The number of rotatable bonds is 7. The molecule has 0 amide bonds. The minimum absolute atomic E-state index is 0.0698. The molecule has 7 heteroatoms. The van der Waals surface area contributed by atoms with Crippen molar-refractivity contribution in [2.45, 2.75) is 0 Å². The monoisotopic (exact) mass is 388 g/mol. The van der Waals surface area contributed by atoms with Crippen LogP contribution < -0.4 is 10.2 Å². The van der Waals surface area contributed by atoms with Gasteiger partial charge in [0.25, 0.3) is 0 Å². The Bertz CT molecular complexity index is 997. The highest BCUT2D eigenvalue weighted by Gasteiger charge is 2.19. The van der Waals surface area contributed by atoms with Gasteiger partial charge in [0, 0.05) is 17.7 Å². The maximum atomic E-state index is 12.9. The van der Waals surface area contributed by atoms with Gasteiger partial charge in [-0.05, 0) is 18.2 Å². The fraction of sp³-hybridized carbons (Fsp3) is 0.200. The van der Waals surface area contributed by atoms with Crippen molar-refractivity contribution in [3.8, 4) is 17.1 Å². The molecule has 0 spiro atoms. The molecular weight excluding hydrogens is 372 g/mol. The molecule has 0 saturated carbocycles. The molecule has 3 rings (SSSR count). The van der Waals surface area contributed by atoms with Crippen LogP contribution in [0, 0.1) is 0 Å². The maximum absolute atomic E-state index is 12.9. The van der Waals surface area contributed by atoms with E-state index < -0.39 is 18.0 Å². The lowest BCUT2D eigenvalue weighted by Crippen LogP contribution is -2.20. The Morgan fingerprint density at radius 3 is 2.63 bits per heavy atom. The smallest absolute Gasteiger partial charge is 0.344 e. The summed E-state index contributed by atoms with van der Waals surface area (Å²) in [4.78, 5) is 24.7. The average Bonchev–Trinajstić information content (AvgIpc) is 2.68. The topological polar surface area (TPSA) is 75.0 Å². The van der Waals surface area contributed by atoms with Crippen LogP contribution in [0.4, 0.5) is 0 Å². The van der Waals surface area contributed by atoms with Crippen LogP contribution in [-0.2, 0) is 14.3 Å². The third kappa shape index (κ3) is 4.48. The second-order valence-corrected chi connectivity index (χ2v) is 6.03. The standard InChI is InChI=1S/C20H17ClO6/c1-24-9-10-25-17(22)12-26-20-18(23)15-11-14(21)7-8-16(15)27-19(20)13-5-3-2-4-6-13/h2-8,11H,9-10,12H2,1H3. The van der Waals surface area contributed by atoms with Crippen molar-refractivity contribution in [3.63, 3.8) is 0 Å². The highest BCUT2D eigenvalue weighted by Crippen LogP contribution is 2.31. The van der Waals surface area contributed by atoms with Gasteiger partial charge in [-0.1, -0.05) is 41.9 Å². The molecule has 3 aromatic rings. The van der Waals surface area contributed by atoms with Crippen molar-refractivity contribution in [2.24, 2.45) is 0 Å². The van der Waals surface area contributed by atoms with Gasteiger partial charge in [-0.15, -0.1) is 0 Å². The lowest BCUT2D eigenvalue weighted by atomic mass is 10.1.